The predicted molar refractivity (Wildman–Crippen MR) is 88.7 cm³/mol. The van der Waals surface area contributed by atoms with Gasteiger partial charge in [-0.05, 0) is 50.8 Å². The van der Waals surface area contributed by atoms with Gasteiger partial charge in [-0.2, -0.15) is 0 Å². The molecular weight excluding hydrogens is 294 g/mol. The third-order valence-electron chi connectivity index (χ3n) is 4.16. The monoisotopic (exact) mass is 321 g/mol. The van der Waals surface area contributed by atoms with Crippen LogP contribution in [0.2, 0.25) is 0 Å². The molecule has 1 heterocycles. The zero-order chi connectivity index (χ0) is 17.0. The van der Waals surface area contributed by atoms with Crippen molar-refractivity contribution < 1.29 is 19.4 Å². The SMILES string of the molecule is COc1ccc([C@@H]2CCN(C(=O)OC(C)(C)C)C[C@@H]2CO)cc1. The highest BCUT2D eigenvalue weighted by Gasteiger charge is 2.33. The molecule has 0 aliphatic carbocycles. The maximum absolute atomic E-state index is 12.2. The lowest BCUT2D eigenvalue weighted by Crippen LogP contribution is -2.46. The third-order valence-corrected chi connectivity index (χ3v) is 4.16. The van der Waals surface area contributed by atoms with E-state index >= 15 is 0 Å². The van der Waals surface area contributed by atoms with Gasteiger partial charge in [-0.1, -0.05) is 12.1 Å². The zero-order valence-corrected chi connectivity index (χ0v) is 14.4. The Morgan fingerprint density at radius 3 is 2.48 bits per heavy atom. The highest BCUT2D eigenvalue weighted by Crippen LogP contribution is 2.34. The number of nitrogens with zero attached hydrogens (tertiary/aromatic N) is 1. The summed E-state index contributed by atoms with van der Waals surface area (Å²) in [5, 5.41) is 9.75. The largest absolute Gasteiger partial charge is 0.497 e. The normalized spacial score (nSPS) is 21.9. The quantitative estimate of drug-likeness (QED) is 0.929. The molecule has 0 spiro atoms. The summed E-state index contributed by atoms with van der Waals surface area (Å²) in [7, 11) is 1.64. The molecule has 128 valence electrons. The number of hydrogen-bond acceptors (Lipinski definition) is 4. The molecule has 0 unspecified atom stereocenters. The number of likely N-dealkylation sites (tertiary alicyclic amines) is 1. The number of ether oxygens (including phenoxy) is 2. The molecule has 2 atom stereocenters. The summed E-state index contributed by atoms with van der Waals surface area (Å²) in [6, 6.07) is 7.94. The minimum absolute atomic E-state index is 0.0182. The van der Waals surface area contributed by atoms with Gasteiger partial charge in [0.15, 0.2) is 0 Å². The number of methoxy groups -OCH3 is 1. The number of aliphatic hydroxyl groups excluding tert-OH is 1. The molecule has 1 aliphatic rings. The maximum Gasteiger partial charge on any atom is 0.410 e. The second-order valence-corrected chi connectivity index (χ2v) is 7.04. The predicted octanol–water partition coefficient (Wildman–Crippen LogP) is 3.03. The molecule has 1 amide bonds. The number of amides is 1. The fraction of sp³-hybridized carbons (Fsp3) is 0.611. The van der Waals surface area contributed by atoms with E-state index in [9.17, 15) is 9.90 Å². The second kappa shape index (κ2) is 7.21. The van der Waals surface area contributed by atoms with Crippen molar-refractivity contribution in [3.05, 3.63) is 29.8 Å². The summed E-state index contributed by atoms with van der Waals surface area (Å²) in [5.41, 5.74) is 0.673. The summed E-state index contributed by atoms with van der Waals surface area (Å²) < 4.78 is 10.6. The lowest BCUT2D eigenvalue weighted by molar-refractivity contribution is 0.0102. The Morgan fingerprint density at radius 2 is 1.96 bits per heavy atom. The number of piperidine rings is 1. The lowest BCUT2D eigenvalue weighted by Gasteiger charge is -2.38. The van der Waals surface area contributed by atoms with Gasteiger partial charge < -0.3 is 19.5 Å². The van der Waals surface area contributed by atoms with Crippen LogP contribution in [0.25, 0.3) is 0 Å². The van der Waals surface area contributed by atoms with Crippen LogP contribution in [-0.4, -0.2) is 48.5 Å². The molecule has 1 saturated heterocycles. The minimum atomic E-state index is -0.501. The molecule has 0 radical (unpaired) electrons. The Kier molecular flexibility index (Phi) is 5.52. The van der Waals surface area contributed by atoms with Gasteiger partial charge in [-0.25, -0.2) is 4.79 Å². The van der Waals surface area contributed by atoms with Crippen molar-refractivity contribution in [1.29, 1.82) is 0 Å². The summed E-state index contributed by atoms with van der Waals surface area (Å²) in [4.78, 5) is 13.9. The highest BCUT2D eigenvalue weighted by molar-refractivity contribution is 5.68. The smallest absolute Gasteiger partial charge is 0.410 e. The molecule has 1 aromatic carbocycles. The van der Waals surface area contributed by atoms with Crippen molar-refractivity contribution in [3.8, 4) is 5.75 Å². The van der Waals surface area contributed by atoms with Crippen LogP contribution in [0.1, 0.15) is 38.7 Å². The summed E-state index contributed by atoms with van der Waals surface area (Å²) >= 11 is 0. The van der Waals surface area contributed by atoms with E-state index in [0.29, 0.717) is 13.1 Å². The molecule has 5 nitrogen and oxygen atoms in total. The molecular formula is C18H27NO4. The van der Waals surface area contributed by atoms with E-state index in [4.69, 9.17) is 9.47 Å². The van der Waals surface area contributed by atoms with Gasteiger partial charge in [0.1, 0.15) is 11.4 Å². The number of rotatable bonds is 3. The molecule has 1 fully saturated rings. The van der Waals surface area contributed by atoms with Gasteiger partial charge in [-0.3, -0.25) is 0 Å². The molecule has 2 rings (SSSR count). The third kappa shape index (κ3) is 4.61. The Bertz CT molecular complexity index is 521. The Labute approximate surface area is 138 Å². The molecule has 0 bridgehead atoms. The number of hydrogen-bond donors (Lipinski definition) is 1. The van der Waals surface area contributed by atoms with Crippen LogP contribution in [0.5, 0.6) is 5.75 Å². The van der Waals surface area contributed by atoms with Crippen LogP contribution in [-0.2, 0) is 4.74 Å². The average Bonchev–Trinajstić information content (AvgIpc) is 2.52. The van der Waals surface area contributed by atoms with Gasteiger partial charge in [0.25, 0.3) is 0 Å². The van der Waals surface area contributed by atoms with Crippen LogP contribution in [0.15, 0.2) is 24.3 Å². The van der Waals surface area contributed by atoms with Crippen LogP contribution in [0.4, 0.5) is 4.79 Å². The molecule has 23 heavy (non-hydrogen) atoms. The van der Waals surface area contributed by atoms with Crippen LogP contribution in [0.3, 0.4) is 0 Å². The zero-order valence-electron chi connectivity index (χ0n) is 14.4. The number of benzene rings is 1. The van der Waals surface area contributed by atoms with E-state index in [1.807, 2.05) is 45.0 Å². The van der Waals surface area contributed by atoms with Crippen LogP contribution >= 0.6 is 0 Å². The minimum Gasteiger partial charge on any atom is -0.497 e. The van der Waals surface area contributed by atoms with Crippen molar-refractivity contribution in [2.75, 3.05) is 26.8 Å². The summed E-state index contributed by atoms with van der Waals surface area (Å²) in [6.45, 7) is 6.79. The van der Waals surface area contributed by atoms with Crippen molar-refractivity contribution >= 4 is 6.09 Å². The topological polar surface area (TPSA) is 59.0 Å². The van der Waals surface area contributed by atoms with E-state index in [1.54, 1.807) is 12.0 Å². The van der Waals surface area contributed by atoms with E-state index in [2.05, 4.69) is 0 Å². The maximum atomic E-state index is 12.2. The first-order chi connectivity index (χ1) is 10.8. The van der Waals surface area contributed by atoms with Gasteiger partial charge in [-0.15, -0.1) is 0 Å². The lowest BCUT2D eigenvalue weighted by atomic mass is 9.81. The van der Waals surface area contributed by atoms with E-state index in [-0.39, 0.29) is 24.5 Å². The van der Waals surface area contributed by atoms with E-state index in [1.165, 1.54) is 5.56 Å². The van der Waals surface area contributed by atoms with E-state index in [0.717, 1.165) is 12.2 Å². The number of carbonyl (C=O) groups excluding carboxylic acids is 1. The van der Waals surface area contributed by atoms with E-state index < -0.39 is 5.60 Å². The summed E-state index contributed by atoms with van der Waals surface area (Å²) in [6.07, 6.45) is 0.515. The first-order valence-electron chi connectivity index (χ1n) is 8.07. The fourth-order valence-electron chi connectivity index (χ4n) is 3.00. The van der Waals surface area contributed by atoms with Crippen molar-refractivity contribution in [2.24, 2.45) is 5.92 Å². The first-order valence-corrected chi connectivity index (χ1v) is 8.07. The molecule has 5 heteroatoms. The standard InChI is InChI=1S/C18H27NO4/c1-18(2,3)23-17(21)19-10-9-16(14(11-19)12-20)13-5-7-15(22-4)8-6-13/h5-8,14,16,20H,9-12H2,1-4H3/t14-,16+/m1/s1. The van der Waals surface area contributed by atoms with Crippen LogP contribution < -0.4 is 4.74 Å². The molecule has 0 aromatic heterocycles. The van der Waals surface area contributed by atoms with Crippen LogP contribution in [0, 0.1) is 5.92 Å². The van der Waals surface area contributed by atoms with Crippen molar-refractivity contribution in [2.45, 2.75) is 38.7 Å². The highest BCUT2D eigenvalue weighted by atomic mass is 16.6. The van der Waals surface area contributed by atoms with Gasteiger partial charge >= 0.3 is 6.09 Å². The summed E-state index contributed by atoms with van der Waals surface area (Å²) in [5.74, 6) is 1.08. The number of carbonyl (C=O) groups is 1. The van der Waals surface area contributed by atoms with Gasteiger partial charge in [0, 0.05) is 25.6 Å². The van der Waals surface area contributed by atoms with Gasteiger partial charge in [0.05, 0.1) is 7.11 Å². The Morgan fingerprint density at radius 1 is 1.30 bits per heavy atom. The van der Waals surface area contributed by atoms with Crippen molar-refractivity contribution in [1.82, 2.24) is 4.90 Å². The number of aliphatic hydroxyl groups is 1. The Hall–Kier alpha value is -1.75. The Balaban J connectivity index is 2.05. The molecule has 1 aliphatic heterocycles. The second-order valence-electron chi connectivity index (χ2n) is 7.04. The molecule has 1 N–H and O–H groups in total. The first kappa shape index (κ1) is 17.6. The van der Waals surface area contributed by atoms with Gasteiger partial charge in [0.2, 0.25) is 0 Å². The molecule has 1 aromatic rings. The van der Waals surface area contributed by atoms with Crippen molar-refractivity contribution in [3.63, 3.8) is 0 Å². The fourth-order valence-corrected chi connectivity index (χ4v) is 3.00. The molecule has 0 saturated carbocycles. The average molecular weight is 321 g/mol.